The molecule has 1 aliphatic rings. The SMILES string of the molecule is CC.O=C(NCCC1=CCCC=C1)Nc1ccc(Cl)cc1. The van der Waals surface area contributed by atoms with Gasteiger partial charge >= 0.3 is 6.03 Å². The summed E-state index contributed by atoms with van der Waals surface area (Å²) in [5, 5.41) is 6.25. The van der Waals surface area contributed by atoms with E-state index in [0.717, 1.165) is 24.9 Å². The third-order valence-electron chi connectivity index (χ3n) is 2.87. The molecule has 4 heteroatoms. The van der Waals surface area contributed by atoms with E-state index in [2.05, 4.69) is 28.9 Å². The number of benzene rings is 1. The van der Waals surface area contributed by atoms with Crippen molar-refractivity contribution in [3.8, 4) is 0 Å². The molecule has 1 aromatic rings. The van der Waals surface area contributed by atoms with Crippen LogP contribution in [0, 0.1) is 0 Å². The Labute approximate surface area is 132 Å². The van der Waals surface area contributed by atoms with E-state index in [9.17, 15) is 4.79 Å². The predicted molar refractivity (Wildman–Crippen MR) is 90.9 cm³/mol. The lowest BCUT2D eigenvalue weighted by atomic mass is 10.0. The van der Waals surface area contributed by atoms with Crippen molar-refractivity contribution in [2.24, 2.45) is 0 Å². The largest absolute Gasteiger partial charge is 0.338 e. The van der Waals surface area contributed by atoms with Crippen LogP contribution in [0.4, 0.5) is 10.5 Å². The normalized spacial score (nSPS) is 12.8. The molecule has 0 spiro atoms. The molecule has 2 rings (SSSR count). The molecule has 1 aliphatic carbocycles. The number of rotatable bonds is 4. The summed E-state index contributed by atoms with van der Waals surface area (Å²) in [6.07, 6.45) is 9.60. The molecule has 0 bridgehead atoms. The molecular weight excluding hydrogens is 284 g/mol. The second-order valence-corrected chi connectivity index (χ2v) is 4.83. The van der Waals surface area contributed by atoms with Crippen LogP contribution in [-0.2, 0) is 0 Å². The van der Waals surface area contributed by atoms with E-state index in [1.54, 1.807) is 24.3 Å². The summed E-state index contributed by atoms with van der Waals surface area (Å²) >= 11 is 5.78. The molecule has 0 fully saturated rings. The maximum absolute atomic E-state index is 11.6. The van der Waals surface area contributed by atoms with Gasteiger partial charge in [0.05, 0.1) is 0 Å². The van der Waals surface area contributed by atoms with Gasteiger partial charge in [0, 0.05) is 17.3 Å². The Hall–Kier alpha value is -1.74. The molecule has 0 atom stereocenters. The van der Waals surface area contributed by atoms with E-state index in [1.165, 1.54) is 5.57 Å². The van der Waals surface area contributed by atoms with Gasteiger partial charge < -0.3 is 10.6 Å². The fourth-order valence-corrected chi connectivity index (χ4v) is 2.01. The summed E-state index contributed by atoms with van der Waals surface area (Å²) in [5.74, 6) is 0. The van der Waals surface area contributed by atoms with Gasteiger partial charge in [-0.05, 0) is 43.5 Å². The Morgan fingerprint density at radius 2 is 1.90 bits per heavy atom. The van der Waals surface area contributed by atoms with Crippen LogP contribution in [0.5, 0.6) is 0 Å². The Morgan fingerprint density at radius 3 is 2.52 bits per heavy atom. The average Bonchev–Trinajstić information content (AvgIpc) is 2.53. The van der Waals surface area contributed by atoms with Gasteiger partial charge in [0.15, 0.2) is 0 Å². The third-order valence-corrected chi connectivity index (χ3v) is 3.13. The number of carbonyl (C=O) groups excluding carboxylic acids is 1. The number of halogens is 1. The van der Waals surface area contributed by atoms with E-state index in [0.29, 0.717) is 11.6 Å². The molecule has 0 saturated heterocycles. The van der Waals surface area contributed by atoms with Gasteiger partial charge in [-0.15, -0.1) is 0 Å². The van der Waals surface area contributed by atoms with Crippen LogP contribution in [0.3, 0.4) is 0 Å². The maximum Gasteiger partial charge on any atom is 0.319 e. The fourth-order valence-electron chi connectivity index (χ4n) is 1.88. The minimum Gasteiger partial charge on any atom is -0.338 e. The average molecular weight is 307 g/mol. The van der Waals surface area contributed by atoms with Gasteiger partial charge in [-0.25, -0.2) is 4.79 Å². The highest BCUT2D eigenvalue weighted by Crippen LogP contribution is 2.14. The number of nitrogens with one attached hydrogen (secondary N) is 2. The standard InChI is InChI=1S/C15H17ClN2O.C2H6/c16-13-6-8-14(9-7-13)18-15(19)17-11-10-12-4-2-1-3-5-12;1-2/h2,4-9H,1,3,10-11H2,(H2,17,18,19);1-2H3. The van der Waals surface area contributed by atoms with Crippen molar-refractivity contribution in [1.29, 1.82) is 0 Å². The highest BCUT2D eigenvalue weighted by atomic mass is 35.5. The number of amides is 2. The summed E-state index contributed by atoms with van der Waals surface area (Å²) in [4.78, 5) is 11.6. The molecule has 2 amide bonds. The number of urea groups is 1. The van der Waals surface area contributed by atoms with E-state index < -0.39 is 0 Å². The minimum absolute atomic E-state index is 0.192. The Bertz CT molecular complexity index is 492. The maximum atomic E-state index is 11.6. The quantitative estimate of drug-likeness (QED) is 0.793. The first-order valence-corrected chi connectivity index (χ1v) is 7.78. The molecule has 21 heavy (non-hydrogen) atoms. The lowest BCUT2D eigenvalue weighted by Gasteiger charge is -2.09. The summed E-state index contributed by atoms with van der Waals surface area (Å²) in [6.45, 7) is 4.63. The van der Waals surface area contributed by atoms with Crippen molar-refractivity contribution >= 4 is 23.3 Å². The number of anilines is 1. The van der Waals surface area contributed by atoms with Gasteiger partial charge in [0.25, 0.3) is 0 Å². The van der Waals surface area contributed by atoms with Crippen molar-refractivity contribution in [2.75, 3.05) is 11.9 Å². The first-order chi connectivity index (χ1) is 10.2. The molecular formula is C17H23ClN2O. The number of carbonyl (C=O) groups is 1. The van der Waals surface area contributed by atoms with Gasteiger partial charge in [-0.3, -0.25) is 0 Å². The molecule has 0 aliphatic heterocycles. The van der Waals surface area contributed by atoms with Gasteiger partial charge in [0.2, 0.25) is 0 Å². The molecule has 0 unspecified atom stereocenters. The number of allylic oxidation sites excluding steroid dienone is 3. The fraction of sp³-hybridized carbons (Fsp3) is 0.353. The number of hydrogen-bond acceptors (Lipinski definition) is 1. The van der Waals surface area contributed by atoms with Crippen LogP contribution in [0.25, 0.3) is 0 Å². The predicted octanol–water partition coefficient (Wildman–Crippen LogP) is 5.15. The minimum atomic E-state index is -0.192. The van der Waals surface area contributed by atoms with Gasteiger partial charge in [-0.1, -0.05) is 49.2 Å². The second-order valence-electron chi connectivity index (χ2n) is 4.40. The summed E-state index contributed by atoms with van der Waals surface area (Å²) in [7, 11) is 0. The Kier molecular flexibility index (Phi) is 8.29. The summed E-state index contributed by atoms with van der Waals surface area (Å²) in [5.41, 5.74) is 2.02. The molecule has 0 saturated carbocycles. The first kappa shape index (κ1) is 17.3. The van der Waals surface area contributed by atoms with Crippen LogP contribution >= 0.6 is 11.6 Å². The van der Waals surface area contributed by atoms with Gasteiger partial charge in [-0.2, -0.15) is 0 Å². The summed E-state index contributed by atoms with van der Waals surface area (Å²) < 4.78 is 0. The molecule has 0 aromatic heterocycles. The van der Waals surface area contributed by atoms with Gasteiger partial charge in [0.1, 0.15) is 0 Å². The lowest BCUT2D eigenvalue weighted by molar-refractivity contribution is 0.252. The highest BCUT2D eigenvalue weighted by Gasteiger charge is 2.02. The van der Waals surface area contributed by atoms with E-state index in [1.807, 2.05) is 13.8 Å². The molecule has 0 radical (unpaired) electrons. The zero-order chi connectivity index (χ0) is 15.5. The zero-order valence-electron chi connectivity index (χ0n) is 12.7. The van der Waals surface area contributed by atoms with Crippen molar-refractivity contribution in [3.05, 3.63) is 53.1 Å². The van der Waals surface area contributed by atoms with Crippen molar-refractivity contribution in [3.63, 3.8) is 0 Å². The highest BCUT2D eigenvalue weighted by molar-refractivity contribution is 6.30. The molecule has 2 N–H and O–H groups in total. The van der Waals surface area contributed by atoms with Crippen LogP contribution in [0.2, 0.25) is 5.02 Å². The topological polar surface area (TPSA) is 41.1 Å². The molecule has 0 heterocycles. The summed E-state index contributed by atoms with van der Waals surface area (Å²) in [6, 6.07) is 6.84. The second kappa shape index (κ2) is 10.1. The zero-order valence-corrected chi connectivity index (χ0v) is 13.4. The third kappa shape index (κ3) is 7.00. The Morgan fingerprint density at radius 1 is 1.19 bits per heavy atom. The number of hydrogen-bond donors (Lipinski definition) is 2. The molecule has 1 aromatic carbocycles. The van der Waals surface area contributed by atoms with E-state index in [4.69, 9.17) is 11.6 Å². The van der Waals surface area contributed by atoms with Crippen LogP contribution in [0.15, 0.2) is 48.1 Å². The smallest absolute Gasteiger partial charge is 0.319 e. The van der Waals surface area contributed by atoms with Crippen LogP contribution in [0.1, 0.15) is 33.1 Å². The van der Waals surface area contributed by atoms with E-state index in [-0.39, 0.29) is 6.03 Å². The monoisotopic (exact) mass is 306 g/mol. The van der Waals surface area contributed by atoms with Crippen molar-refractivity contribution in [1.82, 2.24) is 5.32 Å². The van der Waals surface area contributed by atoms with Crippen LogP contribution in [-0.4, -0.2) is 12.6 Å². The molecule has 3 nitrogen and oxygen atoms in total. The van der Waals surface area contributed by atoms with Crippen LogP contribution < -0.4 is 10.6 Å². The lowest BCUT2D eigenvalue weighted by Crippen LogP contribution is -2.29. The molecule has 114 valence electrons. The van der Waals surface area contributed by atoms with E-state index >= 15 is 0 Å². The Balaban J connectivity index is 0.00000106. The van der Waals surface area contributed by atoms with Crippen molar-refractivity contribution in [2.45, 2.75) is 33.1 Å². The first-order valence-electron chi connectivity index (χ1n) is 7.40. The van der Waals surface area contributed by atoms with Crippen molar-refractivity contribution < 1.29 is 4.79 Å².